The Bertz CT molecular complexity index is 1480. The number of allylic oxidation sites excluding steroid dienone is 15. The second-order valence-corrected chi connectivity index (χ2v) is 17.1. The number of carbonyl (C=O) groups is 2. The summed E-state index contributed by atoms with van der Waals surface area (Å²) in [6.45, 7) is 1.35. The van der Waals surface area contributed by atoms with Crippen molar-refractivity contribution in [2.24, 2.45) is 0 Å². The third-order valence-electron chi connectivity index (χ3n) is 8.56. The van der Waals surface area contributed by atoms with Crippen molar-refractivity contribution in [3.8, 4) is 0 Å². The van der Waals surface area contributed by atoms with Gasteiger partial charge in [0.05, 0.1) is 25.9 Å². The molecule has 0 fully saturated rings. The fraction of sp³-hybridized carbons (Fsp3) is 0.609. The van der Waals surface area contributed by atoms with E-state index in [1.54, 1.807) is 6.08 Å². The molecule has 0 rings (SSSR count). The van der Waals surface area contributed by atoms with Crippen molar-refractivity contribution in [1.82, 2.24) is 0 Å². The zero-order chi connectivity index (χ0) is 46.0. The lowest BCUT2D eigenvalue weighted by Gasteiger charge is -2.20. The molecule has 5 N–H and O–H groups in total. The van der Waals surface area contributed by atoms with E-state index in [4.69, 9.17) is 23.8 Å². The molecule has 0 heterocycles. The van der Waals surface area contributed by atoms with Crippen LogP contribution in [0.4, 0.5) is 0 Å². The number of rotatable bonds is 40. The van der Waals surface area contributed by atoms with Gasteiger partial charge in [-0.25, -0.2) is 9.13 Å². The Hall–Kier alpha value is -3.00. The van der Waals surface area contributed by atoms with E-state index in [0.717, 1.165) is 89.9 Å². The largest absolute Gasteiger partial charge is 0.472 e. The first-order valence-corrected chi connectivity index (χ1v) is 25.1. The highest BCUT2D eigenvalue weighted by molar-refractivity contribution is 7.47. The van der Waals surface area contributed by atoms with Crippen LogP contribution < -0.4 is 0 Å². The van der Waals surface area contributed by atoms with Crippen LogP contribution in [0.15, 0.2) is 97.2 Å². The number of unbranched alkanes of at least 4 members (excludes halogenated alkanes) is 7. The number of carbonyl (C=O) groups excluding carboxylic acids is 2. The zero-order valence-corrected chi connectivity index (χ0v) is 38.8. The molecule has 0 aromatic heterocycles. The summed E-state index contributed by atoms with van der Waals surface area (Å²) in [7, 11) is -9.73. The molecule has 0 amide bonds. The van der Waals surface area contributed by atoms with Crippen LogP contribution >= 0.6 is 15.6 Å². The molecule has 14 nitrogen and oxygen atoms in total. The Balaban J connectivity index is 4.66. The summed E-state index contributed by atoms with van der Waals surface area (Å²) in [4.78, 5) is 52.7. The Kier molecular flexibility index (Phi) is 38.8. The Labute approximate surface area is 371 Å². The van der Waals surface area contributed by atoms with Crippen LogP contribution in [0.3, 0.4) is 0 Å². The third-order valence-corrected chi connectivity index (χ3v) is 10.00. The molecule has 0 saturated heterocycles. The highest BCUT2D eigenvalue weighted by Gasteiger charge is 2.28. The first-order chi connectivity index (χ1) is 29.8. The normalized spacial score (nSPS) is 15.4. The maximum absolute atomic E-state index is 12.7. The van der Waals surface area contributed by atoms with Gasteiger partial charge < -0.3 is 34.4 Å². The molecule has 4 atom stereocenters. The van der Waals surface area contributed by atoms with Crippen LogP contribution in [0.2, 0.25) is 0 Å². The van der Waals surface area contributed by atoms with E-state index < -0.39 is 72.3 Å². The van der Waals surface area contributed by atoms with Crippen LogP contribution in [-0.2, 0) is 41.8 Å². The minimum Gasteiger partial charge on any atom is -0.462 e. The summed E-state index contributed by atoms with van der Waals surface area (Å²) in [5.41, 5.74) is 0. The summed E-state index contributed by atoms with van der Waals surface area (Å²) < 4.78 is 47.7. The van der Waals surface area contributed by atoms with Crippen LogP contribution in [0.25, 0.3) is 0 Å². The lowest BCUT2D eigenvalue weighted by atomic mass is 10.1. The number of phosphoric acid groups is 2. The van der Waals surface area contributed by atoms with E-state index in [2.05, 4.69) is 95.8 Å². The van der Waals surface area contributed by atoms with Gasteiger partial charge >= 0.3 is 27.6 Å². The molecule has 16 heteroatoms. The molecule has 0 saturated carbocycles. The van der Waals surface area contributed by atoms with Crippen molar-refractivity contribution in [2.45, 2.75) is 154 Å². The maximum Gasteiger partial charge on any atom is 0.472 e. The number of ether oxygens (including phenoxy) is 2. The predicted molar refractivity (Wildman–Crippen MR) is 245 cm³/mol. The summed E-state index contributed by atoms with van der Waals surface area (Å²) >= 11 is 0. The predicted octanol–water partition coefficient (Wildman–Crippen LogP) is 10.3. The van der Waals surface area contributed by atoms with Gasteiger partial charge in [-0.1, -0.05) is 143 Å². The Morgan fingerprint density at radius 3 is 1.61 bits per heavy atom. The molecule has 62 heavy (non-hydrogen) atoms. The fourth-order valence-corrected chi connectivity index (χ4v) is 6.42. The van der Waals surface area contributed by atoms with E-state index in [-0.39, 0.29) is 12.8 Å². The summed E-state index contributed by atoms with van der Waals surface area (Å²) in [6, 6.07) is 0. The molecule has 0 aliphatic carbocycles. The van der Waals surface area contributed by atoms with E-state index >= 15 is 0 Å². The smallest absolute Gasteiger partial charge is 0.462 e. The van der Waals surface area contributed by atoms with Crippen molar-refractivity contribution in [3.63, 3.8) is 0 Å². The van der Waals surface area contributed by atoms with E-state index in [1.165, 1.54) is 0 Å². The lowest BCUT2D eigenvalue weighted by molar-refractivity contribution is -0.161. The standard InChI is InChI=1S/C46H76O14P2/c1-3-5-7-9-11-12-13-14-15-16-17-18-19-20-21-22-24-28-32-36-45(49)56-40-44(41-59-62(54,55)58-39-43(48)38-57-61(51,52)53)60-46(50)37-33-29-25-27-31-35-42(47)34-30-26-23-10-8-6-4-2/h5-8,11-12,14-15,17-18,20-21,23,26,30,34,42-44,47-48H,3-4,9-10,13,16,19,22,24-25,27-29,31-33,35-41H2,1-2H3,(H,54,55)(H2,51,52,53)/b7-5-,8-6+,12-11-,15-14-,18-17-,21-20-,26-23+,34-30+/t42?,43-,44+/m0/s1. The first kappa shape index (κ1) is 59.0. The summed E-state index contributed by atoms with van der Waals surface area (Å²) in [5, 5.41) is 19.9. The number of hydrogen-bond donors (Lipinski definition) is 5. The Morgan fingerprint density at radius 1 is 0.532 bits per heavy atom. The van der Waals surface area contributed by atoms with E-state index in [1.807, 2.05) is 18.2 Å². The molecular formula is C46H76O14P2. The average molecular weight is 915 g/mol. The second-order valence-electron chi connectivity index (χ2n) is 14.4. The summed E-state index contributed by atoms with van der Waals surface area (Å²) in [6.07, 6.45) is 44.2. The van der Waals surface area contributed by atoms with Gasteiger partial charge in [0.25, 0.3) is 0 Å². The van der Waals surface area contributed by atoms with Crippen LogP contribution in [0.5, 0.6) is 0 Å². The molecule has 0 radical (unpaired) electrons. The van der Waals surface area contributed by atoms with Crippen molar-refractivity contribution >= 4 is 27.6 Å². The van der Waals surface area contributed by atoms with Gasteiger partial charge in [0.2, 0.25) is 0 Å². The van der Waals surface area contributed by atoms with Crippen molar-refractivity contribution in [3.05, 3.63) is 97.2 Å². The van der Waals surface area contributed by atoms with Gasteiger partial charge in [0.1, 0.15) is 12.7 Å². The lowest BCUT2D eigenvalue weighted by Crippen LogP contribution is -2.30. The van der Waals surface area contributed by atoms with Crippen molar-refractivity contribution in [2.75, 3.05) is 26.4 Å². The number of aliphatic hydroxyl groups excluding tert-OH is 2. The molecule has 2 unspecified atom stereocenters. The van der Waals surface area contributed by atoms with Crippen LogP contribution in [0, 0.1) is 0 Å². The van der Waals surface area contributed by atoms with Gasteiger partial charge in [0.15, 0.2) is 6.10 Å². The number of hydrogen-bond acceptors (Lipinski definition) is 11. The number of esters is 2. The second kappa shape index (κ2) is 40.8. The summed E-state index contributed by atoms with van der Waals surface area (Å²) in [5.74, 6) is -1.16. The first-order valence-electron chi connectivity index (χ1n) is 22.0. The molecule has 0 aromatic rings. The zero-order valence-electron chi connectivity index (χ0n) is 37.0. The Morgan fingerprint density at radius 2 is 1.02 bits per heavy atom. The fourth-order valence-electron chi connectivity index (χ4n) is 5.26. The van der Waals surface area contributed by atoms with Gasteiger partial charge in [-0.2, -0.15) is 0 Å². The van der Waals surface area contributed by atoms with E-state index in [0.29, 0.717) is 19.3 Å². The van der Waals surface area contributed by atoms with Gasteiger partial charge in [0, 0.05) is 12.8 Å². The minimum absolute atomic E-state index is 0.0481. The molecule has 0 bridgehead atoms. The molecule has 354 valence electrons. The molecule has 0 aromatic carbocycles. The quantitative estimate of drug-likeness (QED) is 0.0127. The van der Waals surface area contributed by atoms with Crippen molar-refractivity contribution < 1.29 is 66.7 Å². The minimum atomic E-state index is -4.88. The maximum atomic E-state index is 12.7. The third kappa shape index (κ3) is 43.6. The SMILES string of the molecule is CC/C=C\C/C=C\C/C=C\C/C=C\C/C=C\CCCCCC(=O)OC[C@H](COP(=O)(O)OC[C@@H](O)COP(=O)(O)O)OC(=O)CCCCCCCC(O)/C=C/C=C/C/C=C/CC. The molecule has 0 spiro atoms. The molecular weight excluding hydrogens is 838 g/mol. The van der Waals surface area contributed by atoms with Gasteiger partial charge in [-0.15, -0.1) is 0 Å². The molecule has 0 aliphatic heterocycles. The molecule has 0 aliphatic rings. The highest BCUT2D eigenvalue weighted by atomic mass is 31.2. The van der Waals surface area contributed by atoms with E-state index in [9.17, 15) is 33.8 Å². The average Bonchev–Trinajstić information content (AvgIpc) is 3.23. The van der Waals surface area contributed by atoms with Crippen LogP contribution in [0.1, 0.15) is 136 Å². The number of aliphatic hydroxyl groups is 2. The van der Waals surface area contributed by atoms with Gasteiger partial charge in [-0.3, -0.25) is 23.2 Å². The monoisotopic (exact) mass is 914 g/mol. The van der Waals surface area contributed by atoms with Crippen LogP contribution in [-0.4, -0.2) is 81.6 Å². The van der Waals surface area contributed by atoms with Gasteiger partial charge in [-0.05, 0) is 77.0 Å². The topological polar surface area (TPSA) is 216 Å². The highest BCUT2D eigenvalue weighted by Crippen LogP contribution is 2.43. The number of phosphoric ester groups is 2. The van der Waals surface area contributed by atoms with Crippen molar-refractivity contribution in [1.29, 1.82) is 0 Å².